The minimum atomic E-state index is -4.86. The predicted molar refractivity (Wildman–Crippen MR) is 85.6 cm³/mol. The number of aliphatic carboxylic acids is 1. The van der Waals surface area contributed by atoms with E-state index in [1.54, 1.807) is 0 Å². The van der Waals surface area contributed by atoms with Gasteiger partial charge in [0, 0.05) is 0 Å². The van der Waals surface area contributed by atoms with E-state index in [1.165, 1.54) is 0 Å². The highest BCUT2D eigenvalue weighted by molar-refractivity contribution is 7.87. The maximum Gasteiger partial charge on any atom is 0.328 e. The van der Waals surface area contributed by atoms with Crippen molar-refractivity contribution < 1.29 is 32.4 Å². The number of esters is 1. The van der Waals surface area contributed by atoms with Crippen LogP contribution in [-0.4, -0.2) is 40.9 Å². The van der Waals surface area contributed by atoms with E-state index in [4.69, 9.17) is 14.4 Å². The van der Waals surface area contributed by atoms with E-state index in [0.717, 1.165) is 12.8 Å². The van der Waals surface area contributed by atoms with Crippen LogP contribution in [0, 0.1) is 11.8 Å². The van der Waals surface area contributed by atoms with Crippen LogP contribution in [0.5, 0.6) is 0 Å². The van der Waals surface area contributed by atoms with E-state index in [1.807, 2.05) is 34.6 Å². The quantitative estimate of drug-likeness (QED) is 0.458. The summed E-state index contributed by atoms with van der Waals surface area (Å²) in [5.74, 6) is -2.90. The topological polar surface area (TPSA) is 118 Å². The fourth-order valence-corrected chi connectivity index (χ4v) is 3.35. The van der Waals surface area contributed by atoms with Gasteiger partial charge in [0.1, 0.15) is 5.60 Å². The lowest BCUT2D eigenvalue weighted by Crippen LogP contribution is -2.48. The van der Waals surface area contributed by atoms with Crippen molar-refractivity contribution in [3.63, 3.8) is 0 Å². The van der Waals surface area contributed by atoms with Crippen LogP contribution in [0.2, 0.25) is 0 Å². The smallest absolute Gasteiger partial charge is 0.328 e. The highest BCUT2D eigenvalue weighted by Gasteiger charge is 2.44. The lowest BCUT2D eigenvalue weighted by molar-refractivity contribution is -0.174. The Kier molecular flexibility index (Phi) is 8.20. The molecule has 0 heterocycles. The van der Waals surface area contributed by atoms with Gasteiger partial charge in [-0.1, -0.05) is 41.0 Å². The molecule has 0 rings (SSSR count). The van der Waals surface area contributed by atoms with Crippen molar-refractivity contribution in [2.75, 3.05) is 0 Å². The molecule has 0 bridgehead atoms. The lowest BCUT2D eigenvalue weighted by Gasteiger charge is -2.41. The Morgan fingerprint density at radius 2 is 1.61 bits per heavy atom. The monoisotopic (exact) mass is 352 g/mol. The van der Waals surface area contributed by atoms with Crippen molar-refractivity contribution in [2.24, 2.45) is 11.8 Å². The Labute approximate surface area is 138 Å². The first-order chi connectivity index (χ1) is 10.4. The molecule has 0 amide bonds. The largest absolute Gasteiger partial charge is 0.481 e. The second-order valence-corrected chi connectivity index (χ2v) is 7.99. The van der Waals surface area contributed by atoms with Crippen LogP contribution >= 0.6 is 0 Å². The van der Waals surface area contributed by atoms with Crippen molar-refractivity contribution in [1.82, 2.24) is 0 Å². The standard InChI is InChI=1S/C15H28O7S/c1-6-7-8-15(10(2)3,11(4)5)22-14(18)12(9-13(16)17)23(19,20)21/h10-12H,6-9H2,1-5H3,(H,16,17)(H,19,20,21). The van der Waals surface area contributed by atoms with E-state index < -0.39 is 39.3 Å². The number of ether oxygens (including phenoxy) is 1. The van der Waals surface area contributed by atoms with Gasteiger partial charge < -0.3 is 9.84 Å². The molecule has 0 saturated carbocycles. The third-order valence-electron chi connectivity index (χ3n) is 4.15. The summed E-state index contributed by atoms with van der Waals surface area (Å²) in [5, 5.41) is 6.66. The van der Waals surface area contributed by atoms with Gasteiger partial charge in [-0.2, -0.15) is 8.42 Å². The zero-order valence-electron chi connectivity index (χ0n) is 14.4. The molecular weight excluding hydrogens is 324 g/mol. The molecule has 0 fully saturated rings. The summed E-state index contributed by atoms with van der Waals surface area (Å²) in [6.07, 6.45) is 1.16. The average molecular weight is 352 g/mol. The van der Waals surface area contributed by atoms with E-state index in [9.17, 15) is 18.0 Å². The van der Waals surface area contributed by atoms with Gasteiger partial charge in [0.05, 0.1) is 6.42 Å². The van der Waals surface area contributed by atoms with Crippen LogP contribution in [0.15, 0.2) is 0 Å². The number of carboxylic acids is 1. The van der Waals surface area contributed by atoms with Gasteiger partial charge in [0.2, 0.25) is 0 Å². The Balaban J connectivity index is 5.61. The first-order valence-corrected chi connectivity index (χ1v) is 9.29. The molecule has 0 saturated heterocycles. The van der Waals surface area contributed by atoms with Crippen LogP contribution < -0.4 is 0 Å². The molecule has 0 aromatic carbocycles. The first kappa shape index (κ1) is 21.9. The maximum absolute atomic E-state index is 12.3. The molecule has 136 valence electrons. The number of rotatable bonds is 10. The van der Waals surface area contributed by atoms with E-state index in [-0.39, 0.29) is 11.8 Å². The van der Waals surface area contributed by atoms with Gasteiger partial charge in [-0.3, -0.25) is 14.1 Å². The van der Waals surface area contributed by atoms with Crippen molar-refractivity contribution in [1.29, 1.82) is 0 Å². The molecule has 8 heteroatoms. The summed E-state index contributed by atoms with van der Waals surface area (Å²) in [6, 6.07) is 0. The third kappa shape index (κ3) is 6.10. The molecule has 0 aliphatic carbocycles. The van der Waals surface area contributed by atoms with Gasteiger partial charge in [-0.25, -0.2) is 0 Å². The number of carboxylic acid groups (broad SMARTS) is 1. The van der Waals surface area contributed by atoms with Crippen LogP contribution in [0.25, 0.3) is 0 Å². The normalized spacial score (nSPS) is 14.1. The molecular formula is C15H28O7S. The predicted octanol–water partition coefficient (Wildman–Crippen LogP) is 2.50. The SMILES string of the molecule is CCCCC(OC(=O)C(CC(=O)O)S(=O)(=O)O)(C(C)C)C(C)C. The number of unbranched alkanes of at least 4 members (excludes halogenated alkanes) is 1. The summed E-state index contributed by atoms with van der Waals surface area (Å²) in [7, 11) is -4.86. The van der Waals surface area contributed by atoms with E-state index >= 15 is 0 Å². The van der Waals surface area contributed by atoms with Crippen molar-refractivity contribution in [3.8, 4) is 0 Å². The van der Waals surface area contributed by atoms with E-state index in [0.29, 0.717) is 6.42 Å². The molecule has 0 spiro atoms. The Morgan fingerprint density at radius 1 is 1.13 bits per heavy atom. The Morgan fingerprint density at radius 3 is 1.91 bits per heavy atom. The molecule has 7 nitrogen and oxygen atoms in total. The Bertz CT molecular complexity index is 500. The molecule has 0 aromatic rings. The minimum absolute atomic E-state index is 0.0927. The van der Waals surface area contributed by atoms with Crippen LogP contribution in [0.1, 0.15) is 60.3 Å². The second-order valence-electron chi connectivity index (χ2n) is 6.39. The van der Waals surface area contributed by atoms with E-state index in [2.05, 4.69) is 0 Å². The summed E-state index contributed by atoms with van der Waals surface area (Å²) < 4.78 is 37.3. The summed E-state index contributed by atoms with van der Waals surface area (Å²) in [5.41, 5.74) is -0.908. The summed E-state index contributed by atoms with van der Waals surface area (Å²) in [4.78, 5) is 23.1. The van der Waals surface area contributed by atoms with Gasteiger partial charge in [-0.05, 0) is 24.7 Å². The number of hydrogen-bond acceptors (Lipinski definition) is 5. The fourth-order valence-electron chi connectivity index (χ4n) is 2.71. The number of carbonyl (C=O) groups excluding carboxylic acids is 1. The Hall–Kier alpha value is -1.15. The summed E-state index contributed by atoms with van der Waals surface area (Å²) in [6.45, 7) is 9.44. The second kappa shape index (κ2) is 8.63. The zero-order valence-corrected chi connectivity index (χ0v) is 15.2. The molecule has 0 aliphatic heterocycles. The van der Waals surface area contributed by atoms with Crippen molar-refractivity contribution in [2.45, 2.75) is 71.2 Å². The zero-order chi connectivity index (χ0) is 18.4. The molecule has 0 radical (unpaired) electrons. The maximum atomic E-state index is 12.3. The highest BCUT2D eigenvalue weighted by atomic mass is 32.2. The fraction of sp³-hybridized carbons (Fsp3) is 0.867. The summed E-state index contributed by atoms with van der Waals surface area (Å²) >= 11 is 0. The van der Waals surface area contributed by atoms with Gasteiger partial charge in [0.15, 0.2) is 5.25 Å². The van der Waals surface area contributed by atoms with Crippen LogP contribution in [0.3, 0.4) is 0 Å². The van der Waals surface area contributed by atoms with Crippen molar-refractivity contribution in [3.05, 3.63) is 0 Å². The van der Waals surface area contributed by atoms with Crippen molar-refractivity contribution >= 4 is 22.1 Å². The minimum Gasteiger partial charge on any atom is -0.481 e. The molecule has 1 unspecified atom stereocenters. The molecule has 0 aliphatic rings. The number of hydrogen-bond donors (Lipinski definition) is 2. The molecule has 23 heavy (non-hydrogen) atoms. The highest BCUT2D eigenvalue weighted by Crippen LogP contribution is 2.36. The van der Waals surface area contributed by atoms with Crippen LogP contribution in [0.4, 0.5) is 0 Å². The van der Waals surface area contributed by atoms with Gasteiger partial charge in [0.25, 0.3) is 10.1 Å². The van der Waals surface area contributed by atoms with Crippen LogP contribution in [-0.2, 0) is 24.4 Å². The molecule has 2 N–H and O–H groups in total. The first-order valence-electron chi connectivity index (χ1n) is 7.79. The average Bonchev–Trinajstić information content (AvgIpc) is 2.38. The van der Waals surface area contributed by atoms with Gasteiger partial charge in [-0.15, -0.1) is 0 Å². The molecule has 1 atom stereocenters. The number of carbonyl (C=O) groups is 2. The lowest BCUT2D eigenvalue weighted by atomic mass is 9.76. The molecule has 0 aromatic heterocycles. The van der Waals surface area contributed by atoms with Gasteiger partial charge >= 0.3 is 11.9 Å². The third-order valence-corrected chi connectivity index (χ3v) is 5.23.